The molecule has 0 saturated carbocycles. The Balaban J connectivity index is 2.35. The number of nitrogens with two attached hydrogens (primary N) is 2. The lowest BCUT2D eigenvalue weighted by molar-refractivity contribution is -0.132. The molecule has 2 atom stereocenters. The van der Waals surface area contributed by atoms with E-state index in [-0.39, 0.29) is 17.7 Å². The summed E-state index contributed by atoms with van der Waals surface area (Å²) in [6, 6.07) is -0.503. The summed E-state index contributed by atoms with van der Waals surface area (Å²) in [6.45, 7) is 1.58. The van der Waals surface area contributed by atoms with Crippen molar-refractivity contribution in [3.8, 4) is 0 Å². The summed E-state index contributed by atoms with van der Waals surface area (Å²) in [7, 11) is 1.62. The van der Waals surface area contributed by atoms with Crippen LogP contribution >= 0.6 is 0 Å². The van der Waals surface area contributed by atoms with E-state index in [1.54, 1.807) is 12.0 Å². The number of amides is 2. The normalized spacial score (nSPS) is 21.5. The van der Waals surface area contributed by atoms with Gasteiger partial charge in [0.25, 0.3) is 0 Å². The SMILES string of the molecule is COCCCC(N)C(=O)N1CCC(C(N)=O)C1. The van der Waals surface area contributed by atoms with Crippen LogP contribution in [0.15, 0.2) is 0 Å². The number of carbonyl (C=O) groups is 2. The van der Waals surface area contributed by atoms with E-state index in [4.69, 9.17) is 16.2 Å². The fourth-order valence-corrected chi connectivity index (χ4v) is 2.00. The van der Waals surface area contributed by atoms with Gasteiger partial charge >= 0.3 is 0 Å². The molecular weight excluding hydrogens is 222 g/mol. The van der Waals surface area contributed by atoms with Crippen molar-refractivity contribution >= 4 is 11.8 Å². The van der Waals surface area contributed by atoms with Gasteiger partial charge in [0.15, 0.2) is 0 Å². The molecule has 1 aliphatic heterocycles. The molecule has 6 heteroatoms. The van der Waals surface area contributed by atoms with Gasteiger partial charge < -0.3 is 21.1 Å². The van der Waals surface area contributed by atoms with Gasteiger partial charge in [0.1, 0.15) is 0 Å². The fraction of sp³-hybridized carbons (Fsp3) is 0.818. The van der Waals surface area contributed by atoms with Gasteiger partial charge in [-0.1, -0.05) is 0 Å². The van der Waals surface area contributed by atoms with Gasteiger partial charge in [0.2, 0.25) is 11.8 Å². The molecule has 17 heavy (non-hydrogen) atoms. The quantitative estimate of drug-likeness (QED) is 0.589. The highest BCUT2D eigenvalue weighted by atomic mass is 16.5. The highest BCUT2D eigenvalue weighted by Crippen LogP contribution is 2.16. The van der Waals surface area contributed by atoms with Crippen LogP contribution in [0.5, 0.6) is 0 Å². The van der Waals surface area contributed by atoms with Gasteiger partial charge in [-0.2, -0.15) is 0 Å². The van der Waals surface area contributed by atoms with E-state index in [1.165, 1.54) is 0 Å². The molecule has 0 aromatic heterocycles. The largest absolute Gasteiger partial charge is 0.385 e. The van der Waals surface area contributed by atoms with Crippen LogP contribution in [0.4, 0.5) is 0 Å². The van der Waals surface area contributed by atoms with Crippen molar-refractivity contribution in [3.05, 3.63) is 0 Å². The summed E-state index contributed by atoms with van der Waals surface area (Å²) in [5, 5.41) is 0. The Kier molecular flexibility index (Phi) is 5.37. The van der Waals surface area contributed by atoms with E-state index < -0.39 is 6.04 Å². The molecule has 0 aliphatic carbocycles. The lowest BCUT2D eigenvalue weighted by atomic mass is 10.1. The number of likely N-dealkylation sites (tertiary alicyclic amines) is 1. The third kappa shape index (κ3) is 3.98. The molecule has 1 rings (SSSR count). The number of ether oxygens (including phenoxy) is 1. The zero-order chi connectivity index (χ0) is 12.8. The summed E-state index contributed by atoms with van der Waals surface area (Å²) in [4.78, 5) is 24.5. The molecule has 0 aromatic rings. The number of carbonyl (C=O) groups excluding carboxylic acids is 2. The second kappa shape index (κ2) is 6.56. The van der Waals surface area contributed by atoms with Crippen LogP contribution in [-0.2, 0) is 14.3 Å². The molecule has 98 valence electrons. The topological polar surface area (TPSA) is 98.7 Å². The first kappa shape index (κ1) is 13.9. The number of primary amides is 1. The molecule has 2 unspecified atom stereocenters. The molecule has 0 bridgehead atoms. The van der Waals surface area contributed by atoms with Crippen molar-refractivity contribution in [1.29, 1.82) is 0 Å². The number of rotatable bonds is 6. The lowest BCUT2D eigenvalue weighted by Gasteiger charge is -2.20. The Hall–Kier alpha value is -1.14. The Morgan fingerprint density at radius 3 is 2.76 bits per heavy atom. The molecule has 0 spiro atoms. The molecule has 1 aliphatic rings. The molecule has 2 amide bonds. The van der Waals surface area contributed by atoms with Gasteiger partial charge in [0, 0.05) is 26.8 Å². The first-order valence-electron chi connectivity index (χ1n) is 5.89. The maximum Gasteiger partial charge on any atom is 0.239 e. The van der Waals surface area contributed by atoms with E-state index in [0.29, 0.717) is 32.5 Å². The maximum absolute atomic E-state index is 11.9. The summed E-state index contributed by atoms with van der Waals surface area (Å²) >= 11 is 0. The van der Waals surface area contributed by atoms with Crippen LogP contribution < -0.4 is 11.5 Å². The number of hydrogen-bond acceptors (Lipinski definition) is 4. The fourth-order valence-electron chi connectivity index (χ4n) is 2.00. The summed E-state index contributed by atoms with van der Waals surface area (Å²) < 4.78 is 4.90. The molecule has 1 fully saturated rings. The number of methoxy groups -OCH3 is 1. The minimum atomic E-state index is -0.503. The van der Waals surface area contributed by atoms with Crippen molar-refractivity contribution in [1.82, 2.24) is 4.90 Å². The number of nitrogens with zero attached hydrogens (tertiary/aromatic N) is 1. The molecule has 4 N–H and O–H groups in total. The molecule has 0 radical (unpaired) electrons. The van der Waals surface area contributed by atoms with Crippen LogP contribution in [0.25, 0.3) is 0 Å². The van der Waals surface area contributed by atoms with Gasteiger partial charge in [-0.25, -0.2) is 0 Å². The Labute approximate surface area is 101 Å². The standard InChI is InChI=1S/C11H21N3O3/c1-17-6-2-3-9(12)11(16)14-5-4-8(7-14)10(13)15/h8-9H,2-7,12H2,1H3,(H2,13,15). The lowest BCUT2D eigenvalue weighted by Crippen LogP contribution is -2.43. The Morgan fingerprint density at radius 1 is 1.53 bits per heavy atom. The van der Waals surface area contributed by atoms with Gasteiger partial charge in [-0.15, -0.1) is 0 Å². The van der Waals surface area contributed by atoms with Crippen molar-refractivity contribution in [3.63, 3.8) is 0 Å². The summed E-state index contributed by atoms with van der Waals surface area (Å²) in [5.41, 5.74) is 11.0. The summed E-state index contributed by atoms with van der Waals surface area (Å²) in [6.07, 6.45) is 2.01. The second-order valence-electron chi connectivity index (χ2n) is 4.41. The average Bonchev–Trinajstić information content (AvgIpc) is 2.77. The minimum Gasteiger partial charge on any atom is -0.385 e. The predicted octanol–water partition coefficient (Wildman–Crippen LogP) is -0.926. The predicted molar refractivity (Wildman–Crippen MR) is 63.0 cm³/mol. The van der Waals surface area contributed by atoms with E-state index >= 15 is 0 Å². The first-order valence-corrected chi connectivity index (χ1v) is 5.89. The zero-order valence-electron chi connectivity index (χ0n) is 10.2. The molecule has 0 aromatic carbocycles. The van der Waals surface area contributed by atoms with Crippen molar-refractivity contribution in [2.75, 3.05) is 26.8 Å². The Morgan fingerprint density at radius 2 is 2.24 bits per heavy atom. The van der Waals surface area contributed by atoms with Gasteiger partial charge in [-0.05, 0) is 19.3 Å². The minimum absolute atomic E-state index is 0.0927. The monoisotopic (exact) mass is 243 g/mol. The molecule has 6 nitrogen and oxygen atoms in total. The van der Waals surface area contributed by atoms with Gasteiger partial charge in [-0.3, -0.25) is 9.59 Å². The third-order valence-corrected chi connectivity index (χ3v) is 3.08. The number of hydrogen-bond donors (Lipinski definition) is 2. The molecular formula is C11H21N3O3. The zero-order valence-corrected chi connectivity index (χ0v) is 10.2. The first-order chi connectivity index (χ1) is 8.06. The van der Waals surface area contributed by atoms with E-state index in [2.05, 4.69) is 0 Å². The van der Waals surface area contributed by atoms with Crippen LogP contribution in [-0.4, -0.2) is 49.6 Å². The highest BCUT2D eigenvalue weighted by Gasteiger charge is 2.31. The van der Waals surface area contributed by atoms with E-state index in [0.717, 1.165) is 6.42 Å². The van der Waals surface area contributed by atoms with E-state index in [1.807, 2.05) is 0 Å². The van der Waals surface area contributed by atoms with E-state index in [9.17, 15) is 9.59 Å². The van der Waals surface area contributed by atoms with Crippen LogP contribution in [0, 0.1) is 5.92 Å². The highest BCUT2D eigenvalue weighted by molar-refractivity contribution is 5.84. The van der Waals surface area contributed by atoms with Gasteiger partial charge in [0.05, 0.1) is 12.0 Å². The van der Waals surface area contributed by atoms with Crippen molar-refractivity contribution < 1.29 is 14.3 Å². The average molecular weight is 243 g/mol. The van der Waals surface area contributed by atoms with Crippen LogP contribution in [0.2, 0.25) is 0 Å². The van der Waals surface area contributed by atoms with Crippen LogP contribution in [0.1, 0.15) is 19.3 Å². The maximum atomic E-state index is 11.9. The van der Waals surface area contributed by atoms with Crippen molar-refractivity contribution in [2.24, 2.45) is 17.4 Å². The van der Waals surface area contributed by atoms with Crippen LogP contribution in [0.3, 0.4) is 0 Å². The van der Waals surface area contributed by atoms with Crippen molar-refractivity contribution in [2.45, 2.75) is 25.3 Å². The Bertz CT molecular complexity index is 283. The summed E-state index contributed by atoms with van der Waals surface area (Å²) in [5.74, 6) is -0.650. The smallest absolute Gasteiger partial charge is 0.239 e. The molecule has 1 saturated heterocycles. The molecule has 1 heterocycles. The third-order valence-electron chi connectivity index (χ3n) is 3.08. The second-order valence-corrected chi connectivity index (χ2v) is 4.41.